The van der Waals surface area contributed by atoms with Gasteiger partial charge in [-0.1, -0.05) is 53.7 Å². The fourth-order valence-corrected chi connectivity index (χ4v) is 4.91. The standard InChI is InChI=1S/C25H31N5O2S/c1-2-29-17-21-23(28-29)24(32)30(16-14-20-11-7-4-8-12-20)25(27-21)33-18-22(31)26-15-13-19-9-5-3-6-10-19/h4,7-9,11-12,17H,2-3,5-6,10,13-16,18H2,1H3,(H,26,31). The van der Waals surface area contributed by atoms with Crippen LogP contribution in [0.3, 0.4) is 0 Å². The first kappa shape index (κ1) is 23.3. The smallest absolute Gasteiger partial charge is 0.282 e. The molecule has 1 amide bonds. The monoisotopic (exact) mass is 465 g/mol. The summed E-state index contributed by atoms with van der Waals surface area (Å²) in [6.07, 6.45) is 10.5. The number of amides is 1. The van der Waals surface area contributed by atoms with E-state index in [0.717, 1.165) is 24.8 Å². The summed E-state index contributed by atoms with van der Waals surface area (Å²) < 4.78 is 3.38. The van der Waals surface area contributed by atoms with Gasteiger partial charge in [0, 0.05) is 19.6 Å². The Hall–Kier alpha value is -2.87. The Balaban J connectivity index is 1.45. The molecule has 0 fully saturated rings. The number of allylic oxidation sites excluding steroid dienone is 1. The Morgan fingerprint density at radius 3 is 2.79 bits per heavy atom. The van der Waals surface area contributed by atoms with E-state index in [1.807, 2.05) is 37.3 Å². The molecule has 0 spiro atoms. The number of hydrogen-bond acceptors (Lipinski definition) is 5. The molecular formula is C25H31N5O2S. The van der Waals surface area contributed by atoms with Gasteiger partial charge in [0.2, 0.25) is 5.91 Å². The lowest BCUT2D eigenvalue weighted by atomic mass is 9.97. The van der Waals surface area contributed by atoms with Crippen LogP contribution in [-0.2, 0) is 24.3 Å². The number of hydrogen-bond donors (Lipinski definition) is 1. The van der Waals surface area contributed by atoms with Crippen molar-refractivity contribution in [3.05, 3.63) is 64.1 Å². The molecular weight excluding hydrogens is 434 g/mol. The zero-order chi connectivity index (χ0) is 23.0. The molecule has 7 nitrogen and oxygen atoms in total. The summed E-state index contributed by atoms with van der Waals surface area (Å²) >= 11 is 1.31. The van der Waals surface area contributed by atoms with E-state index in [4.69, 9.17) is 4.98 Å². The Labute approximate surface area is 198 Å². The van der Waals surface area contributed by atoms with Crippen LogP contribution < -0.4 is 10.9 Å². The van der Waals surface area contributed by atoms with E-state index in [1.54, 1.807) is 15.4 Å². The first-order valence-corrected chi connectivity index (χ1v) is 12.7. The third-order valence-corrected chi connectivity index (χ3v) is 6.89. The van der Waals surface area contributed by atoms with Crippen LogP contribution in [0.25, 0.3) is 11.0 Å². The van der Waals surface area contributed by atoms with E-state index in [2.05, 4.69) is 16.5 Å². The highest BCUT2D eigenvalue weighted by molar-refractivity contribution is 7.99. The molecule has 0 atom stereocenters. The molecule has 8 heteroatoms. The summed E-state index contributed by atoms with van der Waals surface area (Å²) in [4.78, 5) is 30.4. The van der Waals surface area contributed by atoms with Crippen LogP contribution in [0.1, 0.15) is 44.6 Å². The molecule has 3 aromatic rings. The van der Waals surface area contributed by atoms with Gasteiger partial charge in [-0.05, 0) is 51.0 Å². The van der Waals surface area contributed by atoms with Gasteiger partial charge >= 0.3 is 0 Å². The van der Waals surface area contributed by atoms with Crippen LogP contribution in [0, 0.1) is 0 Å². The van der Waals surface area contributed by atoms with Crippen LogP contribution in [0.2, 0.25) is 0 Å². The number of aryl methyl sites for hydroxylation is 2. The lowest BCUT2D eigenvalue weighted by Crippen LogP contribution is -2.28. The number of carbonyl (C=O) groups excluding carboxylic acids is 1. The molecule has 0 saturated heterocycles. The Morgan fingerprint density at radius 1 is 1.18 bits per heavy atom. The molecule has 2 heterocycles. The second-order valence-electron chi connectivity index (χ2n) is 8.30. The predicted octanol–water partition coefficient (Wildman–Crippen LogP) is 3.95. The number of fused-ring (bicyclic) bond motifs is 1. The van der Waals surface area contributed by atoms with Gasteiger partial charge < -0.3 is 5.32 Å². The predicted molar refractivity (Wildman–Crippen MR) is 133 cm³/mol. The Bertz CT molecular complexity index is 1180. The van der Waals surface area contributed by atoms with Gasteiger partial charge in [-0.25, -0.2) is 4.98 Å². The zero-order valence-electron chi connectivity index (χ0n) is 19.1. The molecule has 0 aliphatic heterocycles. The van der Waals surface area contributed by atoms with E-state index in [0.29, 0.717) is 42.2 Å². The normalized spacial score (nSPS) is 13.8. The van der Waals surface area contributed by atoms with Gasteiger partial charge in [0.05, 0.1) is 11.9 Å². The lowest BCUT2D eigenvalue weighted by molar-refractivity contribution is -0.118. The summed E-state index contributed by atoms with van der Waals surface area (Å²) in [6, 6.07) is 10.1. The van der Waals surface area contributed by atoms with E-state index >= 15 is 0 Å². The largest absolute Gasteiger partial charge is 0.355 e. The fraction of sp³-hybridized carbons (Fsp3) is 0.440. The third kappa shape index (κ3) is 6.13. The highest BCUT2D eigenvalue weighted by atomic mass is 32.2. The van der Waals surface area contributed by atoms with E-state index in [-0.39, 0.29) is 17.2 Å². The molecule has 0 saturated carbocycles. The summed E-state index contributed by atoms with van der Waals surface area (Å²) in [5, 5.41) is 7.96. The van der Waals surface area contributed by atoms with Crippen molar-refractivity contribution in [3.8, 4) is 0 Å². The molecule has 0 radical (unpaired) electrons. The SMILES string of the molecule is CCn1cc2nc(SCC(=O)NCCC3=CCCCC3)n(CCc3ccccc3)c(=O)c2n1. The number of rotatable bonds is 10. The van der Waals surface area contributed by atoms with Crippen molar-refractivity contribution in [2.75, 3.05) is 12.3 Å². The molecule has 2 aromatic heterocycles. The first-order chi connectivity index (χ1) is 16.1. The Morgan fingerprint density at radius 2 is 2.03 bits per heavy atom. The van der Waals surface area contributed by atoms with Gasteiger partial charge in [0.1, 0.15) is 5.52 Å². The van der Waals surface area contributed by atoms with Crippen molar-refractivity contribution < 1.29 is 4.79 Å². The fourth-order valence-electron chi connectivity index (χ4n) is 4.05. The topological polar surface area (TPSA) is 81.8 Å². The van der Waals surface area contributed by atoms with Gasteiger partial charge in [0.15, 0.2) is 10.7 Å². The number of carbonyl (C=O) groups is 1. The summed E-state index contributed by atoms with van der Waals surface area (Å²) in [6.45, 7) is 3.79. The molecule has 1 aliphatic rings. The summed E-state index contributed by atoms with van der Waals surface area (Å²) in [7, 11) is 0. The van der Waals surface area contributed by atoms with Gasteiger partial charge in [0.25, 0.3) is 5.56 Å². The van der Waals surface area contributed by atoms with Gasteiger partial charge in [-0.3, -0.25) is 18.8 Å². The van der Waals surface area contributed by atoms with Gasteiger partial charge in [-0.15, -0.1) is 0 Å². The minimum absolute atomic E-state index is 0.0374. The maximum atomic E-state index is 13.2. The van der Waals surface area contributed by atoms with Crippen LogP contribution in [0.15, 0.2) is 58.1 Å². The summed E-state index contributed by atoms with van der Waals surface area (Å²) in [5.41, 5.74) is 3.39. The van der Waals surface area contributed by atoms with E-state index < -0.39 is 0 Å². The maximum Gasteiger partial charge on any atom is 0.282 e. The highest BCUT2D eigenvalue weighted by Crippen LogP contribution is 2.20. The quantitative estimate of drug-likeness (QED) is 0.278. The number of thioether (sulfide) groups is 1. The zero-order valence-corrected chi connectivity index (χ0v) is 19.9. The number of benzene rings is 1. The van der Waals surface area contributed by atoms with Crippen molar-refractivity contribution in [1.29, 1.82) is 0 Å². The molecule has 1 N–H and O–H groups in total. The van der Waals surface area contributed by atoms with Crippen molar-refractivity contribution in [3.63, 3.8) is 0 Å². The molecule has 174 valence electrons. The molecule has 0 bridgehead atoms. The second-order valence-corrected chi connectivity index (χ2v) is 9.24. The van der Waals surface area contributed by atoms with Crippen molar-refractivity contribution in [2.24, 2.45) is 0 Å². The van der Waals surface area contributed by atoms with E-state index in [9.17, 15) is 9.59 Å². The Kier molecular flexibility index (Phi) is 7.99. The average molecular weight is 466 g/mol. The number of nitrogens with one attached hydrogen (secondary N) is 1. The van der Waals surface area contributed by atoms with Crippen molar-refractivity contribution in [1.82, 2.24) is 24.6 Å². The second kappa shape index (κ2) is 11.3. The molecule has 0 unspecified atom stereocenters. The maximum absolute atomic E-state index is 13.2. The minimum atomic E-state index is -0.157. The van der Waals surface area contributed by atoms with Crippen LogP contribution in [-0.4, -0.2) is 37.5 Å². The third-order valence-electron chi connectivity index (χ3n) is 5.91. The lowest BCUT2D eigenvalue weighted by Gasteiger charge is -2.13. The van der Waals surface area contributed by atoms with Crippen LogP contribution in [0.4, 0.5) is 0 Å². The summed E-state index contributed by atoms with van der Waals surface area (Å²) in [5.74, 6) is 0.189. The number of nitrogens with zero attached hydrogens (tertiary/aromatic N) is 4. The minimum Gasteiger partial charge on any atom is -0.355 e. The van der Waals surface area contributed by atoms with Crippen LogP contribution in [0.5, 0.6) is 0 Å². The van der Waals surface area contributed by atoms with Crippen molar-refractivity contribution >= 4 is 28.7 Å². The van der Waals surface area contributed by atoms with E-state index in [1.165, 1.54) is 30.2 Å². The molecule has 1 aliphatic carbocycles. The highest BCUT2D eigenvalue weighted by Gasteiger charge is 2.16. The average Bonchev–Trinajstić information content (AvgIpc) is 3.27. The first-order valence-electron chi connectivity index (χ1n) is 11.7. The van der Waals surface area contributed by atoms with Gasteiger partial charge in [-0.2, -0.15) is 5.10 Å². The molecule has 4 rings (SSSR count). The van der Waals surface area contributed by atoms with Crippen molar-refractivity contribution in [2.45, 2.75) is 63.7 Å². The molecule has 1 aromatic carbocycles. The van der Waals surface area contributed by atoms with Crippen LogP contribution >= 0.6 is 11.8 Å². The number of aromatic nitrogens is 4. The molecule has 33 heavy (non-hydrogen) atoms.